The van der Waals surface area contributed by atoms with Crippen LogP contribution in [-0.2, 0) is 14.9 Å². The lowest BCUT2D eigenvalue weighted by atomic mass is 9.78. The Morgan fingerprint density at radius 2 is 1.94 bits per heavy atom. The number of halogens is 1. The minimum Gasteiger partial charge on any atom is -0.468 e. The molecule has 0 radical (unpaired) electrons. The summed E-state index contributed by atoms with van der Waals surface area (Å²) in [5.41, 5.74) is 0.500. The number of carbonyl (C=O) groups is 1. The van der Waals surface area contributed by atoms with Crippen molar-refractivity contribution in [2.24, 2.45) is 0 Å². The quantitative estimate of drug-likeness (QED) is 0.455. The molecule has 17 heavy (non-hydrogen) atoms. The molecular weight excluding hydrogens is 280 g/mol. The number of hydrogen-bond donors (Lipinski definition) is 0. The van der Waals surface area contributed by atoms with Gasteiger partial charge >= 0.3 is 5.97 Å². The normalized spacial score (nSPS) is 14.1. The van der Waals surface area contributed by atoms with Crippen LogP contribution in [0.15, 0.2) is 30.3 Å². The Kier molecular flexibility index (Phi) is 5.69. The summed E-state index contributed by atoms with van der Waals surface area (Å²) in [6.45, 7) is 1.96. The van der Waals surface area contributed by atoms with Crippen LogP contribution in [0.5, 0.6) is 0 Å². The molecule has 0 aliphatic carbocycles. The molecule has 0 aliphatic heterocycles. The van der Waals surface area contributed by atoms with E-state index in [-0.39, 0.29) is 5.97 Å². The average molecular weight is 299 g/mol. The summed E-state index contributed by atoms with van der Waals surface area (Å²) in [6, 6.07) is 9.86. The van der Waals surface area contributed by atoms with Gasteiger partial charge in [-0.15, -0.1) is 0 Å². The summed E-state index contributed by atoms with van der Waals surface area (Å²) in [5, 5.41) is 0.971. The number of methoxy groups -OCH3 is 1. The third kappa shape index (κ3) is 3.56. The Morgan fingerprint density at radius 3 is 2.47 bits per heavy atom. The molecule has 0 fully saturated rings. The van der Waals surface area contributed by atoms with Crippen LogP contribution in [0.3, 0.4) is 0 Å². The van der Waals surface area contributed by atoms with E-state index in [1.807, 2.05) is 37.3 Å². The van der Waals surface area contributed by atoms with Crippen molar-refractivity contribution in [1.29, 1.82) is 0 Å². The lowest BCUT2D eigenvalue weighted by Crippen LogP contribution is -2.33. The summed E-state index contributed by atoms with van der Waals surface area (Å²) < 4.78 is 4.95. The fourth-order valence-electron chi connectivity index (χ4n) is 1.97. The largest absolute Gasteiger partial charge is 0.468 e. The summed E-state index contributed by atoms with van der Waals surface area (Å²) in [4.78, 5) is 12.0. The van der Waals surface area contributed by atoms with Gasteiger partial charge in [-0.2, -0.15) is 0 Å². The molecule has 0 saturated heterocycles. The van der Waals surface area contributed by atoms with E-state index >= 15 is 0 Å². The molecule has 0 aliphatic rings. The van der Waals surface area contributed by atoms with Crippen LogP contribution in [0.1, 0.15) is 31.7 Å². The molecule has 0 spiro atoms. The topological polar surface area (TPSA) is 26.3 Å². The number of unbranched alkanes of at least 4 members (excludes halogenated alkanes) is 1. The standard InChI is InChI=1S/C14H19BrO2/c1-14(13(16)17-2,10-6-7-11-15)12-8-4-3-5-9-12/h3-5,8-9H,6-7,10-11H2,1-2H3/t14-/m0/s1. The number of esters is 1. The maximum atomic E-state index is 12.0. The van der Waals surface area contributed by atoms with Crippen molar-refractivity contribution in [2.45, 2.75) is 31.6 Å². The second-order valence-corrected chi connectivity index (χ2v) is 5.13. The van der Waals surface area contributed by atoms with Gasteiger partial charge in [-0.25, -0.2) is 0 Å². The van der Waals surface area contributed by atoms with Gasteiger partial charge in [-0.05, 0) is 25.3 Å². The summed E-state index contributed by atoms with van der Waals surface area (Å²) >= 11 is 3.41. The van der Waals surface area contributed by atoms with Gasteiger partial charge in [0.1, 0.15) is 0 Å². The molecule has 94 valence electrons. The maximum absolute atomic E-state index is 12.0. The molecule has 1 rings (SSSR count). The van der Waals surface area contributed by atoms with Crippen LogP contribution in [0.4, 0.5) is 0 Å². The lowest BCUT2D eigenvalue weighted by Gasteiger charge is -2.27. The number of benzene rings is 1. The summed E-state index contributed by atoms with van der Waals surface area (Å²) in [6.07, 6.45) is 2.89. The van der Waals surface area contributed by atoms with E-state index in [2.05, 4.69) is 15.9 Å². The zero-order chi connectivity index (χ0) is 12.7. The van der Waals surface area contributed by atoms with E-state index in [4.69, 9.17) is 4.74 Å². The lowest BCUT2D eigenvalue weighted by molar-refractivity contribution is -0.147. The average Bonchev–Trinajstić information content (AvgIpc) is 2.39. The molecule has 0 saturated carbocycles. The predicted octanol–water partition coefficient (Wildman–Crippen LogP) is 3.68. The van der Waals surface area contributed by atoms with Gasteiger partial charge in [0.15, 0.2) is 0 Å². The minimum atomic E-state index is -0.530. The van der Waals surface area contributed by atoms with Crippen LogP contribution >= 0.6 is 15.9 Å². The number of rotatable bonds is 6. The van der Waals surface area contributed by atoms with E-state index in [0.717, 1.165) is 30.2 Å². The highest BCUT2D eigenvalue weighted by atomic mass is 79.9. The van der Waals surface area contributed by atoms with Gasteiger partial charge in [-0.3, -0.25) is 4.79 Å². The fraction of sp³-hybridized carbons (Fsp3) is 0.500. The molecular formula is C14H19BrO2. The Hall–Kier alpha value is -0.830. The highest BCUT2D eigenvalue weighted by molar-refractivity contribution is 9.09. The SMILES string of the molecule is COC(=O)[C@@](C)(CCCCBr)c1ccccc1. The molecule has 3 heteroatoms. The van der Waals surface area contributed by atoms with E-state index in [1.54, 1.807) is 0 Å². The Bertz CT molecular complexity index is 350. The second-order valence-electron chi connectivity index (χ2n) is 4.34. The number of carbonyl (C=O) groups excluding carboxylic acids is 1. The number of hydrogen-bond acceptors (Lipinski definition) is 2. The zero-order valence-electron chi connectivity index (χ0n) is 10.4. The summed E-state index contributed by atoms with van der Waals surface area (Å²) in [5.74, 6) is -0.154. The predicted molar refractivity (Wildman–Crippen MR) is 73.5 cm³/mol. The van der Waals surface area contributed by atoms with E-state index in [0.29, 0.717) is 0 Å². The summed E-state index contributed by atoms with van der Waals surface area (Å²) in [7, 11) is 1.45. The van der Waals surface area contributed by atoms with Crippen LogP contribution in [-0.4, -0.2) is 18.4 Å². The molecule has 0 unspecified atom stereocenters. The molecule has 1 atom stereocenters. The highest BCUT2D eigenvalue weighted by Crippen LogP contribution is 2.31. The number of alkyl halides is 1. The van der Waals surface area contributed by atoms with Crippen molar-refractivity contribution in [1.82, 2.24) is 0 Å². The van der Waals surface area contributed by atoms with Crippen LogP contribution in [0.25, 0.3) is 0 Å². The minimum absolute atomic E-state index is 0.154. The molecule has 0 bridgehead atoms. The van der Waals surface area contributed by atoms with Crippen molar-refractivity contribution < 1.29 is 9.53 Å². The Morgan fingerprint density at radius 1 is 1.29 bits per heavy atom. The van der Waals surface area contributed by atoms with E-state index in [1.165, 1.54) is 7.11 Å². The Labute approximate surface area is 111 Å². The monoisotopic (exact) mass is 298 g/mol. The first-order valence-electron chi connectivity index (χ1n) is 5.85. The first-order chi connectivity index (χ1) is 8.15. The third-order valence-corrected chi connectivity index (χ3v) is 3.67. The van der Waals surface area contributed by atoms with Gasteiger partial charge in [-0.1, -0.05) is 52.7 Å². The van der Waals surface area contributed by atoms with Crippen LogP contribution in [0, 0.1) is 0 Å². The van der Waals surface area contributed by atoms with Crippen molar-refractivity contribution >= 4 is 21.9 Å². The van der Waals surface area contributed by atoms with E-state index in [9.17, 15) is 4.79 Å². The van der Waals surface area contributed by atoms with Gasteiger partial charge in [0, 0.05) is 5.33 Å². The third-order valence-electron chi connectivity index (χ3n) is 3.11. The molecule has 0 aromatic heterocycles. The van der Waals surface area contributed by atoms with Crippen molar-refractivity contribution in [3.05, 3.63) is 35.9 Å². The van der Waals surface area contributed by atoms with Gasteiger partial charge in [0.05, 0.1) is 12.5 Å². The van der Waals surface area contributed by atoms with Crippen molar-refractivity contribution in [2.75, 3.05) is 12.4 Å². The van der Waals surface area contributed by atoms with Crippen LogP contribution in [0.2, 0.25) is 0 Å². The molecule has 2 nitrogen and oxygen atoms in total. The molecule has 1 aromatic rings. The highest BCUT2D eigenvalue weighted by Gasteiger charge is 2.35. The van der Waals surface area contributed by atoms with Crippen molar-refractivity contribution in [3.63, 3.8) is 0 Å². The molecule has 0 amide bonds. The van der Waals surface area contributed by atoms with Crippen LogP contribution < -0.4 is 0 Å². The van der Waals surface area contributed by atoms with Gasteiger partial charge in [0.2, 0.25) is 0 Å². The first kappa shape index (κ1) is 14.2. The smallest absolute Gasteiger partial charge is 0.315 e. The number of ether oxygens (including phenoxy) is 1. The zero-order valence-corrected chi connectivity index (χ0v) is 12.0. The fourth-order valence-corrected chi connectivity index (χ4v) is 2.37. The Balaban J connectivity index is 2.90. The van der Waals surface area contributed by atoms with E-state index < -0.39 is 5.41 Å². The molecule has 0 heterocycles. The van der Waals surface area contributed by atoms with Gasteiger partial charge < -0.3 is 4.74 Å². The molecule has 0 N–H and O–H groups in total. The van der Waals surface area contributed by atoms with Crippen molar-refractivity contribution in [3.8, 4) is 0 Å². The second kappa shape index (κ2) is 6.80. The molecule has 1 aromatic carbocycles. The maximum Gasteiger partial charge on any atom is 0.315 e. The first-order valence-corrected chi connectivity index (χ1v) is 6.97. The van der Waals surface area contributed by atoms with Gasteiger partial charge in [0.25, 0.3) is 0 Å².